The molecule has 4 heterocycles. The quantitative estimate of drug-likeness (QED) is 0.266. The third-order valence-corrected chi connectivity index (χ3v) is 6.29. The Morgan fingerprint density at radius 1 is 1.21 bits per heavy atom. The van der Waals surface area contributed by atoms with E-state index in [1.165, 1.54) is 7.11 Å². The summed E-state index contributed by atoms with van der Waals surface area (Å²) in [5, 5.41) is 16.7. The Morgan fingerprint density at radius 2 is 2.03 bits per heavy atom. The van der Waals surface area contributed by atoms with Crippen molar-refractivity contribution in [2.24, 2.45) is 0 Å². The second-order valence-electron chi connectivity index (χ2n) is 8.72. The first-order valence-electron chi connectivity index (χ1n) is 11.9. The van der Waals surface area contributed by atoms with Crippen molar-refractivity contribution in [1.29, 1.82) is 5.26 Å². The van der Waals surface area contributed by atoms with Gasteiger partial charge in [-0.2, -0.15) is 14.9 Å². The van der Waals surface area contributed by atoms with Crippen LogP contribution < -0.4 is 21.3 Å². The minimum absolute atomic E-state index is 0.0140. The summed E-state index contributed by atoms with van der Waals surface area (Å²) in [6.45, 7) is 0.297. The van der Waals surface area contributed by atoms with Crippen LogP contribution in [0.4, 0.5) is 10.5 Å². The van der Waals surface area contributed by atoms with Gasteiger partial charge < -0.3 is 34.7 Å². The van der Waals surface area contributed by atoms with E-state index in [4.69, 9.17) is 24.4 Å². The number of nitrogens with one attached hydrogen (secondary N) is 2. The monoisotopic (exact) mass is 527 g/mol. The molecule has 0 bridgehead atoms. The van der Waals surface area contributed by atoms with E-state index in [1.54, 1.807) is 12.1 Å². The van der Waals surface area contributed by atoms with Gasteiger partial charge >= 0.3 is 6.09 Å². The molecule has 4 N–H and O–H groups in total. The number of benzene rings is 2. The molecular formula is C26H21N7O6. The molecule has 1 aliphatic heterocycles. The molecule has 1 amide bonds. The first-order valence-corrected chi connectivity index (χ1v) is 11.9. The first kappa shape index (κ1) is 24.0. The van der Waals surface area contributed by atoms with Crippen LogP contribution in [0.3, 0.4) is 0 Å². The molecule has 39 heavy (non-hydrogen) atoms. The molecule has 1 fully saturated rings. The lowest BCUT2D eigenvalue weighted by molar-refractivity contribution is 0.0370. The molecular weight excluding hydrogens is 506 g/mol. The van der Waals surface area contributed by atoms with E-state index in [9.17, 15) is 14.9 Å². The van der Waals surface area contributed by atoms with Crippen LogP contribution in [0, 0.1) is 11.3 Å². The third-order valence-electron chi connectivity index (χ3n) is 6.29. The van der Waals surface area contributed by atoms with Crippen molar-refractivity contribution in [3.8, 4) is 34.4 Å². The largest absolute Gasteiger partial charge is 0.492 e. The standard InChI is InChI=1S/C26H21N7O6/c1-36-22-15(28)7-8-18-21(22)31-24(39-18)20-17(12-37-11-14-10-29-26(35)38-14)30-23-19(13-5-3-2-4-6-13)16(9-27)32-33(23)25(20)34/h2-8,14,30H,10-12,28H2,1H3,(H,29,35). The number of rotatable bonds is 7. The SMILES string of the molecule is COc1c(N)ccc2oc(-c3c(COCC4CNC(=O)O4)[nH]c4c(-c5ccccc5)c(C#N)nn4c3=O)nc12. The number of nitrogens with two attached hydrogens (primary N) is 1. The van der Waals surface area contributed by atoms with Gasteiger partial charge in [-0.15, -0.1) is 0 Å². The van der Waals surface area contributed by atoms with Crippen LogP contribution in [-0.4, -0.2) is 52.0 Å². The van der Waals surface area contributed by atoms with Gasteiger partial charge in [-0.3, -0.25) is 4.79 Å². The van der Waals surface area contributed by atoms with Crippen molar-refractivity contribution in [1.82, 2.24) is 24.9 Å². The maximum Gasteiger partial charge on any atom is 0.407 e. The van der Waals surface area contributed by atoms with E-state index in [0.29, 0.717) is 51.5 Å². The summed E-state index contributed by atoms with van der Waals surface area (Å²) in [6.07, 6.45) is -0.998. The average molecular weight is 527 g/mol. The molecule has 2 aromatic carbocycles. The molecule has 13 heteroatoms. The summed E-state index contributed by atoms with van der Waals surface area (Å²) < 4.78 is 23.4. The summed E-state index contributed by atoms with van der Waals surface area (Å²) in [5.41, 5.74) is 8.40. The number of oxazole rings is 1. The van der Waals surface area contributed by atoms with Crippen molar-refractivity contribution in [3.05, 3.63) is 64.2 Å². The Morgan fingerprint density at radius 3 is 2.74 bits per heavy atom. The molecule has 1 saturated heterocycles. The smallest absolute Gasteiger partial charge is 0.407 e. The van der Waals surface area contributed by atoms with Crippen LogP contribution in [0.25, 0.3) is 39.3 Å². The zero-order valence-corrected chi connectivity index (χ0v) is 20.6. The highest BCUT2D eigenvalue weighted by Gasteiger charge is 2.27. The highest BCUT2D eigenvalue weighted by atomic mass is 16.6. The topological polar surface area (TPSA) is 183 Å². The van der Waals surface area contributed by atoms with Gasteiger partial charge in [-0.05, 0) is 17.7 Å². The zero-order valence-electron chi connectivity index (χ0n) is 20.6. The van der Waals surface area contributed by atoms with Crippen LogP contribution in [-0.2, 0) is 16.1 Å². The van der Waals surface area contributed by atoms with Crippen molar-refractivity contribution in [3.63, 3.8) is 0 Å². The Hall–Kier alpha value is -5.35. The highest BCUT2D eigenvalue weighted by Crippen LogP contribution is 2.35. The maximum atomic E-state index is 13.9. The number of methoxy groups -OCH3 is 1. The predicted molar refractivity (Wildman–Crippen MR) is 138 cm³/mol. The van der Waals surface area contributed by atoms with E-state index in [0.717, 1.165) is 4.52 Å². The Balaban J connectivity index is 1.53. The number of hydrogen-bond acceptors (Lipinski definition) is 10. The van der Waals surface area contributed by atoms with Crippen LogP contribution in [0.5, 0.6) is 5.75 Å². The minimum Gasteiger partial charge on any atom is -0.492 e. The summed E-state index contributed by atoms with van der Waals surface area (Å²) in [4.78, 5) is 33.0. The summed E-state index contributed by atoms with van der Waals surface area (Å²) >= 11 is 0. The fraction of sp³-hybridized carbons (Fsp3) is 0.192. The van der Waals surface area contributed by atoms with Crippen molar-refractivity contribution in [2.75, 3.05) is 26.0 Å². The number of cyclic esters (lactones) is 1. The van der Waals surface area contributed by atoms with E-state index in [1.807, 2.05) is 30.3 Å². The zero-order chi connectivity index (χ0) is 27.1. The second kappa shape index (κ2) is 9.51. The number of alkyl carbamates (subject to hydrolysis) is 1. The van der Waals surface area contributed by atoms with Gasteiger partial charge in [-0.1, -0.05) is 30.3 Å². The number of hydrogen-bond donors (Lipinski definition) is 3. The third kappa shape index (κ3) is 4.09. The van der Waals surface area contributed by atoms with E-state index in [2.05, 4.69) is 26.5 Å². The first-order chi connectivity index (χ1) is 19.0. The molecule has 6 rings (SSSR count). The molecule has 13 nitrogen and oxygen atoms in total. The Labute approximate surface area is 219 Å². The van der Waals surface area contributed by atoms with Crippen LogP contribution >= 0.6 is 0 Å². The lowest BCUT2D eigenvalue weighted by Crippen LogP contribution is -2.23. The van der Waals surface area contributed by atoms with Crippen LogP contribution in [0.2, 0.25) is 0 Å². The number of aromatic amines is 1. The van der Waals surface area contributed by atoms with Crippen molar-refractivity contribution >= 4 is 28.5 Å². The van der Waals surface area contributed by atoms with Crippen molar-refractivity contribution < 1.29 is 23.4 Å². The van der Waals surface area contributed by atoms with E-state index >= 15 is 0 Å². The number of nitrogen functional groups attached to an aromatic ring is 1. The van der Waals surface area contributed by atoms with Gasteiger partial charge in [0, 0.05) is 0 Å². The van der Waals surface area contributed by atoms with Gasteiger partial charge in [0.2, 0.25) is 5.89 Å². The number of nitriles is 1. The molecule has 5 aromatic rings. The summed E-state index contributed by atoms with van der Waals surface area (Å²) in [6, 6.07) is 14.4. The van der Waals surface area contributed by atoms with E-state index < -0.39 is 17.8 Å². The lowest BCUT2D eigenvalue weighted by Gasteiger charge is -2.12. The lowest BCUT2D eigenvalue weighted by atomic mass is 10.1. The predicted octanol–water partition coefficient (Wildman–Crippen LogP) is 2.59. The number of anilines is 1. The molecule has 1 aliphatic rings. The van der Waals surface area contributed by atoms with E-state index in [-0.39, 0.29) is 30.4 Å². The number of carbonyl (C=O) groups excluding carboxylic acids is 1. The molecule has 0 aliphatic carbocycles. The Kier molecular flexibility index (Phi) is 5.85. The molecule has 0 spiro atoms. The molecule has 1 atom stereocenters. The average Bonchev–Trinajstić information content (AvgIpc) is 3.66. The van der Waals surface area contributed by atoms with Gasteiger partial charge in [0.05, 0.1) is 43.8 Å². The number of H-pyrrole nitrogens is 1. The number of fused-ring (bicyclic) bond motifs is 2. The van der Waals surface area contributed by atoms with Gasteiger partial charge in [-0.25, -0.2) is 9.78 Å². The Bertz CT molecular complexity index is 1830. The number of aromatic nitrogens is 4. The molecule has 0 saturated carbocycles. The number of nitrogens with zero attached hydrogens (tertiary/aromatic N) is 4. The minimum atomic E-state index is -0.575. The molecule has 0 radical (unpaired) electrons. The highest BCUT2D eigenvalue weighted by molar-refractivity contribution is 5.88. The number of ether oxygens (including phenoxy) is 3. The molecule has 3 aromatic heterocycles. The van der Waals surface area contributed by atoms with Gasteiger partial charge in [0.25, 0.3) is 5.56 Å². The van der Waals surface area contributed by atoms with Crippen molar-refractivity contribution in [2.45, 2.75) is 12.7 Å². The fourth-order valence-electron chi connectivity index (χ4n) is 4.53. The normalized spacial score (nSPS) is 14.9. The van der Waals surface area contributed by atoms with Gasteiger partial charge in [0.1, 0.15) is 23.4 Å². The molecule has 196 valence electrons. The van der Waals surface area contributed by atoms with Gasteiger partial charge in [0.15, 0.2) is 22.5 Å². The summed E-state index contributed by atoms with van der Waals surface area (Å²) in [7, 11) is 1.46. The summed E-state index contributed by atoms with van der Waals surface area (Å²) in [5.74, 6) is 0.297. The van der Waals surface area contributed by atoms with Crippen LogP contribution in [0.15, 0.2) is 51.7 Å². The maximum absolute atomic E-state index is 13.9. The molecule has 1 unspecified atom stereocenters. The fourth-order valence-corrected chi connectivity index (χ4v) is 4.53. The number of amides is 1. The second-order valence-corrected chi connectivity index (χ2v) is 8.72. The van der Waals surface area contributed by atoms with Crippen LogP contribution in [0.1, 0.15) is 11.4 Å². The number of carbonyl (C=O) groups is 1.